The van der Waals surface area contributed by atoms with Crippen LogP contribution < -0.4 is 5.32 Å². The molecular weight excluding hydrogens is 568 g/mol. The summed E-state index contributed by atoms with van der Waals surface area (Å²) in [6.45, 7) is 3.00. The summed E-state index contributed by atoms with van der Waals surface area (Å²) in [5.74, 6) is 0. The van der Waals surface area contributed by atoms with Crippen molar-refractivity contribution < 1.29 is 31.1 Å². The van der Waals surface area contributed by atoms with Crippen molar-refractivity contribution in [2.75, 3.05) is 6.54 Å². The Morgan fingerprint density at radius 2 is 2.00 bits per heavy atom. The summed E-state index contributed by atoms with van der Waals surface area (Å²) in [5, 5.41) is 3.14. The zero-order valence-electron chi connectivity index (χ0n) is 5.12. The molecule has 0 aliphatic heterocycles. The van der Waals surface area contributed by atoms with E-state index in [0.717, 1.165) is 6.54 Å². The molecule has 0 heterocycles. The van der Waals surface area contributed by atoms with Crippen molar-refractivity contribution in [2.24, 2.45) is 0 Å². The second-order valence-corrected chi connectivity index (χ2v) is 4.05. The van der Waals surface area contributed by atoms with Gasteiger partial charge in [-0.2, -0.15) is 0 Å². The Morgan fingerprint density at radius 3 is 2.11 bits per heavy atom. The maximum atomic E-state index is 7.20. The first-order chi connectivity index (χ1) is 3.68. The molecule has 0 saturated heterocycles. The van der Waals surface area contributed by atoms with Crippen molar-refractivity contribution >= 4 is 45.2 Å². The number of halogens is 2. The molecule has 0 saturated carbocycles. The van der Waals surface area contributed by atoms with E-state index in [9.17, 15) is 0 Å². The average molecular weight is 577 g/mol. The molecule has 0 radical (unpaired) electrons. The van der Waals surface area contributed by atoms with Gasteiger partial charge in [-0.05, 0) is 6.54 Å². The van der Waals surface area contributed by atoms with Crippen LogP contribution in [0, 0.1) is 31.1 Å². The maximum Gasteiger partial charge on any atom is 0.0519 e. The van der Waals surface area contributed by atoms with Crippen LogP contribution in [0.5, 0.6) is 0 Å². The maximum absolute atomic E-state index is 7.20. The molecule has 0 rings (SSSR count). The van der Waals surface area contributed by atoms with Crippen LogP contribution >= 0.6 is 45.2 Å². The third-order valence-electron chi connectivity index (χ3n) is 0.656. The SMILES string of the molecule is CCNC(I)C([NH-])I.[U]. The molecule has 0 aromatic rings. The van der Waals surface area contributed by atoms with Crippen molar-refractivity contribution in [2.45, 2.75) is 15.0 Å². The molecule has 0 bridgehead atoms. The Morgan fingerprint density at radius 1 is 1.56 bits per heavy atom. The molecule has 0 aliphatic rings. The van der Waals surface area contributed by atoms with Gasteiger partial charge < -0.3 is 11.1 Å². The second-order valence-electron chi connectivity index (χ2n) is 1.36. The Hall–Kier alpha value is 2.43. The molecule has 2 unspecified atom stereocenters. The number of hydrogen-bond donors (Lipinski definition) is 1. The van der Waals surface area contributed by atoms with Gasteiger partial charge in [0.15, 0.2) is 0 Å². The second kappa shape index (κ2) is 8.53. The first-order valence-electron chi connectivity index (χ1n) is 2.41. The summed E-state index contributed by atoms with van der Waals surface area (Å²) >= 11 is 4.31. The van der Waals surface area contributed by atoms with E-state index in [1.807, 2.05) is 6.92 Å². The molecule has 2 nitrogen and oxygen atoms in total. The molecule has 0 fully saturated rings. The molecule has 54 valence electrons. The Bertz CT molecular complexity index is 62.5. The van der Waals surface area contributed by atoms with Gasteiger partial charge in [0, 0.05) is 31.1 Å². The van der Waals surface area contributed by atoms with E-state index in [4.69, 9.17) is 5.73 Å². The largest absolute Gasteiger partial charge is 0.664 e. The molecule has 9 heavy (non-hydrogen) atoms. The van der Waals surface area contributed by atoms with Gasteiger partial charge in [0.05, 0.1) is 4.05 Å². The van der Waals surface area contributed by atoms with Crippen molar-refractivity contribution in [1.82, 2.24) is 5.32 Å². The number of hydrogen-bond acceptors (Lipinski definition) is 1. The van der Waals surface area contributed by atoms with Crippen molar-refractivity contribution in [3.63, 3.8) is 0 Å². The summed E-state index contributed by atoms with van der Waals surface area (Å²) in [5.41, 5.74) is 7.20. The Kier molecular flexibility index (Phi) is 13.3. The van der Waals surface area contributed by atoms with Crippen LogP contribution in [0.25, 0.3) is 5.73 Å². The predicted molar refractivity (Wildman–Crippen MR) is 53.6 cm³/mol. The summed E-state index contributed by atoms with van der Waals surface area (Å²) in [4.78, 5) is 0. The van der Waals surface area contributed by atoms with Crippen LogP contribution in [0.3, 0.4) is 0 Å². The fourth-order valence-electron chi connectivity index (χ4n) is 0.298. The predicted octanol–water partition coefficient (Wildman–Crippen LogP) is 2.17. The molecule has 0 amide bonds. The van der Waals surface area contributed by atoms with E-state index in [-0.39, 0.29) is 39.2 Å². The minimum atomic E-state index is -0.0341. The molecular formula is C4H9I2N2U-. The van der Waals surface area contributed by atoms with Gasteiger partial charge >= 0.3 is 0 Å². The van der Waals surface area contributed by atoms with E-state index >= 15 is 0 Å². The topological polar surface area (TPSA) is 35.8 Å². The van der Waals surface area contributed by atoms with Gasteiger partial charge in [0.1, 0.15) is 0 Å². The third kappa shape index (κ3) is 8.34. The van der Waals surface area contributed by atoms with E-state index in [1.54, 1.807) is 0 Å². The first-order valence-corrected chi connectivity index (χ1v) is 4.90. The number of alkyl halides is 2. The summed E-state index contributed by atoms with van der Waals surface area (Å²) in [6, 6.07) is 0. The zero-order chi connectivity index (χ0) is 6.57. The van der Waals surface area contributed by atoms with Crippen LogP contribution in [-0.2, 0) is 0 Å². The molecule has 2 atom stereocenters. The van der Waals surface area contributed by atoms with Crippen LogP contribution in [0.1, 0.15) is 6.92 Å². The number of likely N-dealkylation sites (N-methyl/N-ethyl adjacent to an activating group) is 1. The Labute approximate surface area is 107 Å². The number of rotatable bonds is 3. The van der Waals surface area contributed by atoms with Gasteiger partial charge in [-0.1, -0.05) is 33.6 Å². The standard InChI is InChI=1S/C4H9I2N2.U/c1-2-8-4(6)3(5)7;/h3-4,7-8H,2H2,1H3;/q-1;. The molecule has 0 spiro atoms. The van der Waals surface area contributed by atoms with Gasteiger partial charge in [0.2, 0.25) is 0 Å². The Balaban J connectivity index is 0. The van der Waals surface area contributed by atoms with Crippen LogP contribution in [0.4, 0.5) is 0 Å². The molecule has 5 heteroatoms. The van der Waals surface area contributed by atoms with E-state index in [0.29, 0.717) is 0 Å². The average Bonchev–Trinajstić information content (AvgIpc) is 1.67. The third-order valence-corrected chi connectivity index (χ3v) is 3.91. The van der Waals surface area contributed by atoms with Crippen molar-refractivity contribution in [3.8, 4) is 0 Å². The van der Waals surface area contributed by atoms with Gasteiger partial charge in [-0.3, -0.25) is 0 Å². The molecule has 2 N–H and O–H groups in total. The molecule has 0 aliphatic carbocycles. The number of nitrogens with one attached hydrogen (secondary N) is 2. The monoisotopic (exact) mass is 577 g/mol. The van der Waals surface area contributed by atoms with Crippen LogP contribution in [-0.4, -0.2) is 14.6 Å². The van der Waals surface area contributed by atoms with Crippen molar-refractivity contribution in [1.29, 1.82) is 0 Å². The van der Waals surface area contributed by atoms with Crippen LogP contribution in [0.15, 0.2) is 0 Å². The van der Waals surface area contributed by atoms with Crippen LogP contribution in [0.2, 0.25) is 0 Å². The smallest absolute Gasteiger partial charge is 0.0519 e. The normalized spacial score (nSPS) is 16.0. The molecule has 0 aromatic heterocycles. The molecule has 0 aromatic carbocycles. The van der Waals surface area contributed by atoms with Gasteiger partial charge in [-0.25, -0.2) is 0 Å². The van der Waals surface area contributed by atoms with E-state index in [1.165, 1.54) is 0 Å². The summed E-state index contributed by atoms with van der Waals surface area (Å²) in [7, 11) is 0. The summed E-state index contributed by atoms with van der Waals surface area (Å²) < 4.78 is 0.256. The minimum Gasteiger partial charge on any atom is -0.664 e. The van der Waals surface area contributed by atoms with E-state index in [2.05, 4.69) is 50.5 Å². The fourth-order valence-corrected chi connectivity index (χ4v) is 0.993. The quantitative estimate of drug-likeness (QED) is 0.312. The summed E-state index contributed by atoms with van der Waals surface area (Å²) in [6.07, 6.45) is 0. The fraction of sp³-hybridized carbons (Fsp3) is 1.00. The minimum absolute atomic E-state index is 0. The first kappa shape index (κ1) is 14.0. The van der Waals surface area contributed by atoms with Crippen molar-refractivity contribution in [3.05, 3.63) is 5.73 Å². The van der Waals surface area contributed by atoms with E-state index < -0.39 is 0 Å². The van der Waals surface area contributed by atoms with Gasteiger partial charge in [-0.15, -0.1) is 22.6 Å². The van der Waals surface area contributed by atoms with Gasteiger partial charge in [0.25, 0.3) is 0 Å². The zero-order valence-corrected chi connectivity index (χ0v) is 13.6.